The Morgan fingerprint density at radius 1 is 1.12 bits per heavy atom. The van der Waals surface area contributed by atoms with Gasteiger partial charge in [0, 0.05) is 23.7 Å². The molecule has 2 aliphatic rings. The summed E-state index contributed by atoms with van der Waals surface area (Å²) < 4.78 is 52.6. The second-order valence-corrected chi connectivity index (χ2v) is 11.8. The summed E-state index contributed by atoms with van der Waals surface area (Å²) >= 11 is 1.33. The number of amides is 1. The molecular formula is C30H36F3N3O3S. The van der Waals surface area contributed by atoms with Crippen LogP contribution in [0.25, 0.3) is 10.2 Å². The highest BCUT2D eigenvalue weighted by molar-refractivity contribution is 7.18. The van der Waals surface area contributed by atoms with Crippen LogP contribution in [0.4, 0.5) is 13.2 Å². The lowest BCUT2D eigenvalue weighted by molar-refractivity contribution is -0.136. The zero-order chi connectivity index (χ0) is 28.4. The number of aromatic nitrogens is 1. The van der Waals surface area contributed by atoms with Crippen LogP contribution >= 0.6 is 11.3 Å². The Hall–Kier alpha value is -2.85. The average Bonchev–Trinajstić information content (AvgIpc) is 3.34. The number of halogens is 3. The van der Waals surface area contributed by atoms with Crippen molar-refractivity contribution in [1.29, 1.82) is 0 Å². The third kappa shape index (κ3) is 6.07. The van der Waals surface area contributed by atoms with Crippen molar-refractivity contribution in [2.75, 3.05) is 7.11 Å². The smallest absolute Gasteiger partial charge is 0.418 e. The molecule has 1 amide bonds. The minimum atomic E-state index is -4.43. The lowest BCUT2D eigenvalue weighted by Crippen LogP contribution is -2.56. The molecule has 0 saturated carbocycles. The maximum Gasteiger partial charge on any atom is 0.418 e. The molecule has 216 valence electrons. The molecule has 2 bridgehead atoms. The van der Waals surface area contributed by atoms with Gasteiger partial charge in [-0.2, -0.15) is 13.2 Å². The summed E-state index contributed by atoms with van der Waals surface area (Å²) in [6, 6.07) is 10.1. The number of piperidine rings is 2. The van der Waals surface area contributed by atoms with E-state index in [2.05, 4.69) is 29.0 Å². The van der Waals surface area contributed by atoms with E-state index >= 15 is 0 Å². The van der Waals surface area contributed by atoms with Crippen molar-refractivity contribution in [3.05, 3.63) is 52.5 Å². The van der Waals surface area contributed by atoms with Gasteiger partial charge < -0.3 is 14.8 Å². The highest BCUT2D eigenvalue weighted by Gasteiger charge is 2.39. The molecule has 3 heterocycles. The van der Waals surface area contributed by atoms with Crippen molar-refractivity contribution in [3.63, 3.8) is 0 Å². The predicted molar refractivity (Wildman–Crippen MR) is 150 cm³/mol. The number of carbonyl (C=O) groups excluding carboxylic acids is 1. The molecule has 2 aromatic carbocycles. The second-order valence-electron chi connectivity index (χ2n) is 10.7. The number of benzene rings is 2. The number of nitrogens with zero attached hydrogens (tertiary/aromatic N) is 2. The molecule has 2 atom stereocenters. The number of rotatable bonds is 9. The van der Waals surface area contributed by atoms with E-state index < -0.39 is 11.7 Å². The standard InChI is InChI=1S/C30H36F3N3O3S/c1-4-22(5-2)39-24-13-12-18(14-25(24)38-3)29(37)34-19-15-20-8-6-9-21(16-19)36(20)17-27-35-28-23(30(31,32)33)10-7-11-26(28)40-27/h7,10-14,19-22H,4-6,8-9,15-17H2,1-3H3,(H,34,37). The van der Waals surface area contributed by atoms with Gasteiger partial charge in [0.05, 0.1) is 35.5 Å². The van der Waals surface area contributed by atoms with Gasteiger partial charge in [0.25, 0.3) is 5.91 Å². The fourth-order valence-corrected chi connectivity index (χ4v) is 7.11. The second kappa shape index (κ2) is 11.9. The number of hydrogen-bond donors (Lipinski definition) is 1. The highest BCUT2D eigenvalue weighted by Crippen LogP contribution is 2.39. The lowest BCUT2D eigenvalue weighted by Gasteiger charge is -2.48. The Bertz CT molecular complexity index is 1330. The van der Waals surface area contributed by atoms with E-state index in [4.69, 9.17) is 9.47 Å². The predicted octanol–water partition coefficient (Wildman–Crippen LogP) is 7.21. The van der Waals surface area contributed by atoms with Crippen LogP contribution < -0.4 is 14.8 Å². The van der Waals surface area contributed by atoms with Gasteiger partial charge in [-0.1, -0.05) is 26.3 Å². The van der Waals surface area contributed by atoms with Crippen molar-refractivity contribution in [2.45, 2.75) is 95.7 Å². The van der Waals surface area contributed by atoms with E-state index in [1.165, 1.54) is 17.4 Å². The minimum absolute atomic E-state index is 0.0257. The topological polar surface area (TPSA) is 63.7 Å². The van der Waals surface area contributed by atoms with Gasteiger partial charge in [-0.25, -0.2) is 4.98 Å². The van der Waals surface area contributed by atoms with Crippen molar-refractivity contribution >= 4 is 27.5 Å². The SMILES string of the molecule is CCC(CC)Oc1ccc(C(=O)NC2CC3CCCC(C2)N3Cc2nc3c(C(F)(F)F)cccc3s2)cc1OC. The number of para-hydroxylation sites is 1. The monoisotopic (exact) mass is 575 g/mol. The number of alkyl halides is 3. The number of hydrogen-bond acceptors (Lipinski definition) is 6. The quantitative estimate of drug-likeness (QED) is 0.292. The highest BCUT2D eigenvalue weighted by atomic mass is 32.1. The fraction of sp³-hybridized carbons (Fsp3) is 0.533. The maximum absolute atomic E-state index is 13.5. The molecule has 2 unspecified atom stereocenters. The van der Waals surface area contributed by atoms with E-state index in [0.717, 1.165) is 51.0 Å². The van der Waals surface area contributed by atoms with Gasteiger partial charge >= 0.3 is 6.18 Å². The number of nitrogens with one attached hydrogen (secondary N) is 1. The molecule has 2 aliphatic heterocycles. The zero-order valence-electron chi connectivity index (χ0n) is 23.1. The normalized spacial score (nSPS) is 21.5. The Labute approximate surface area is 236 Å². The van der Waals surface area contributed by atoms with Crippen LogP contribution in [-0.2, 0) is 12.7 Å². The number of carbonyl (C=O) groups is 1. The van der Waals surface area contributed by atoms with Gasteiger partial charge in [0.2, 0.25) is 0 Å². The molecule has 10 heteroatoms. The molecule has 5 rings (SSSR count). The molecule has 3 aromatic rings. The van der Waals surface area contributed by atoms with Gasteiger partial charge in [-0.15, -0.1) is 11.3 Å². The van der Waals surface area contributed by atoms with Crippen molar-refractivity contribution in [1.82, 2.24) is 15.2 Å². The number of thiazole rings is 1. The summed E-state index contributed by atoms with van der Waals surface area (Å²) in [4.78, 5) is 20.0. The summed E-state index contributed by atoms with van der Waals surface area (Å²) in [7, 11) is 1.57. The van der Waals surface area contributed by atoms with Crippen LogP contribution in [0.3, 0.4) is 0 Å². The summed E-state index contributed by atoms with van der Waals surface area (Å²) in [5.41, 5.74) is -0.119. The number of methoxy groups -OCH3 is 1. The van der Waals surface area contributed by atoms with Crippen LogP contribution in [0.1, 0.15) is 79.7 Å². The molecule has 0 aliphatic carbocycles. The Balaban J connectivity index is 1.26. The van der Waals surface area contributed by atoms with Crippen LogP contribution in [0.5, 0.6) is 11.5 Å². The van der Waals surface area contributed by atoms with E-state index in [9.17, 15) is 18.0 Å². The molecule has 2 fully saturated rings. The van der Waals surface area contributed by atoms with Crippen LogP contribution in [0.15, 0.2) is 36.4 Å². The zero-order valence-corrected chi connectivity index (χ0v) is 23.9. The summed E-state index contributed by atoms with van der Waals surface area (Å²) in [5.74, 6) is 1.03. The van der Waals surface area contributed by atoms with Crippen LogP contribution in [0.2, 0.25) is 0 Å². The van der Waals surface area contributed by atoms with Crippen molar-refractivity contribution in [2.24, 2.45) is 0 Å². The lowest BCUT2D eigenvalue weighted by atomic mass is 9.81. The molecule has 0 spiro atoms. The van der Waals surface area contributed by atoms with E-state index in [1.807, 2.05) is 0 Å². The Morgan fingerprint density at radius 3 is 2.50 bits per heavy atom. The molecule has 1 N–H and O–H groups in total. The van der Waals surface area contributed by atoms with Crippen LogP contribution in [0, 0.1) is 0 Å². The molecule has 1 aromatic heterocycles. The number of fused-ring (bicyclic) bond motifs is 3. The molecular weight excluding hydrogens is 539 g/mol. The fourth-order valence-electron chi connectivity index (χ4n) is 6.11. The van der Waals surface area contributed by atoms with Gasteiger partial charge in [-0.3, -0.25) is 9.69 Å². The summed E-state index contributed by atoms with van der Waals surface area (Å²) in [5, 5.41) is 3.93. The van der Waals surface area contributed by atoms with E-state index in [1.54, 1.807) is 31.4 Å². The first-order valence-electron chi connectivity index (χ1n) is 14.1. The number of ether oxygens (including phenoxy) is 2. The van der Waals surface area contributed by atoms with Crippen LogP contribution in [-0.4, -0.2) is 47.1 Å². The molecule has 2 saturated heterocycles. The van der Waals surface area contributed by atoms with E-state index in [0.29, 0.717) is 33.3 Å². The summed E-state index contributed by atoms with van der Waals surface area (Å²) in [6.45, 7) is 4.68. The maximum atomic E-state index is 13.5. The molecule has 40 heavy (non-hydrogen) atoms. The van der Waals surface area contributed by atoms with Crippen molar-refractivity contribution in [3.8, 4) is 11.5 Å². The Morgan fingerprint density at radius 2 is 1.85 bits per heavy atom. The molecule has 6 nitrogen and oxygen atoms in total. The average molecular weight is 576 g/mol. The van der Waals surface area contributed by atoms with Gasteiger partial charge in [-0.05, 0) is 68.9 Å². The van der Waals surface area contributed by atoms with Gasteiger partial charge in [0.15, 0.2) is 11.5 Å². The molecule has 0 radical (unpaired) electrons. The minimum Gasteiger partial charge on any atom is -0.493 e. The largest absolute Gasteiger partial charge is 0.493 e. The Kier molecular flexibility index (Phi) is 8.56. The van der Waals surface area contributed by atoms with Crippen molar-refractivity contribution < 1.29 is 27.4 Å². The summed E-state index contributed by atoms with van der Waals surface area (Å²) in [6.07, 6.45) is 2.14. The first-order valence-corrected chi connectivity index (χ1v) is 14.9. The third-order valence-electron chi connectivity index (χ3n) is 8.18. The van der Waals surface area contributed by atoms with Gasteiger partial charge in [0.1, 0.15) is 5.01 Å². The van der Waals surface area contributed by atoms with E-state index in [-0.39, 0.29) is 35.7 Å². The first-order chi connectivity index (χ1) is 19.2. The third-order valence-corrected chi connectivity index (χ3v) is 9.18. The first kappa shape index (κ1) is 28.7.